The average molecular weight is 907 g/mol. The van der Waals surface area contributed by atoms with Crippen LogP contribution >= 0.6 is 15.8 Å². The van der Waals surface area contributed by atoms with Crippen LogP contribution < -0.4 is 41.5 Å². The van der Waals surface area contributed by atoms with Crippen LogP contribution in [-0.2, 0) is 34.3 Å². The van der Waals surface area contributed by atoms with Gasteiger partial charge in [-0.15, -0.1) is 0 Å². The third kappa shape index (κ3) is 11.1. The van der Waals surface area contributed by atoms with E-state index in [-0.39, 0.29) is 0 Å². The second-order valence-electron chi connectivity index (χ2n) is 12.5. The number of aromatic nitrogens is 4. The predicted molar refractivity (Wildman–Crippen MR) is 216 cm³/mol. The first-order valence-corrected chi connectivity index (χ1v) is 22.8. The molecule has 20 heteroatoms. The molecule has 314 valence electrons. The molecule has 2 aromatic heterocycles. The van der Waals surface area contributed by atoms with Crippen LogP contribution in [0.4, 0.5) is 26.3 Å². The average Bonchev–Trinajstić information content (AvgIpc) is 3.77. The van der Waals surface area contributed by atoms with Crippen molar-refractivity contribution in [2.24, 2.45) is 14.1 Å². The van der Waals surface area contributed by atoms with E-state index in [1.165, 1.54) is 32.3 Å². The molecule has 2 heterocycles. The Morgan fingerprint density at radius 1 is 0.533 bits per heavy atom. The number of alkyl halides is 6. The summed E-state index contributed by atoms with van der Waals surface area (Å²) in [7, 11) is -9.45. The van der Waals surface area contributed by atoms with Crippen LogP contribution in [0.2, 0.25) is 0 Å². The van der Waals surface area contributed by atoms with E-state index in [1.54, 1.807) is 0 Å². The summed E-state index contributed by atoms with van der Waals surface area (Å²) in [6, 6.07) is 52.6. The van der Waals surface area contributed by atoms with Crippen molar-refractivity contribution >= 4 is 68.4 Å². The molecule has 0 aliphatic rings. The van der Waals surface area contributed by atoms with Gasteiger partial charge in [0.15, 0.2) is 20.2 Å². The lowest BCUT2D eigenvalue weighted by Crippen LogP contribution is -2.49. The Morgan fingerprint density at radius 2 is 0.900 bits per heavy atom. The molecule has 0 aliphatic carbocycles. The zero-order valence-corrected chi connectivity index (χ0v) is 34.8. The number of aryl methyl sites for hydroxylation is 2. The molecule has 0 bridgehead atoms. The fourth-order valence-electron chi connectivity index (χ4n) is 5.73. The second-order valence-corrected chi connectivity index (χ2v) is 19.4. The Morgan fingerprint density at radius 3 is 1.27 bits per heavy atom. The first kappa shape index (κ1) is 45.9. The van der Waals surface area contributed by atoms with Crippen LogP contribution in [0, 0.1) is 0 Å². The number of benzene rings is 5. The minimum atomic E-state index is -6.09. The maximum absolute atomic E-state index is 10.7. The Kier molecular flexibility index (Phi) is 14.5. The fraction of sp³-hybridized carbons (Fsp3) is 0.100. The second kappa shape index (κ2) is 19.0. The van der Waals surface area contributed by atoms with E-state index in [1.807, 2.05) is 0 Å². The largest absolute Gasteiger partial charge is 0.741 e. The molecule has 60 heavy (non-hydrogen) atoms. The summed E-state index contributed by atoms with van der Waals surface area (Å²) >= 11 is 0. The molecule has 5 aromatic carbocycles. The quantitative estimate of drug-likeness (QED) is 0.0725. The molecule has 0 radical (unpaired) electrons. The maximum Gasteiger partial charge on any atom is 0.485 e. The zero-order chi connectivity index (χ0) is 43.9. The lowest BCUT2D eigenvalue weighted by molar-refractivity contribution is -0.652. The number of hydrogen-bond donors (Lipinski definition) is 0. The SMILES string of the molecule is Cn1cc[n+](-c2cccc(-n3cc[n+](C)c3P(c3ccccc3)c3ccccc3)c2)c1P(c1ccccc1)c1ccccc1.O=S(=O)([O-])C(F)(F)F.O=S(=O)([O-])C(F)(F)F. The van der Waals surface area contributed by atoms with Crippen LogP contribution in [0.15, 0.2) is 170 Å². The van der Waals surface area contributed by atoms with Crippen molar-refractivity contribution in [1.82, 2.24) is 9.13 Å². The zero-order valence-electron chi connectivity index (χ0n) is 31.4. The highest BCUT2D eigenvalue weighted by Gasteiger charge is 2.38. The van der Waals surface area contributed by atoms with Gasteiger partial charge in [-0.25, -0.2) is 26.0 Å². The number of rotatable bonds is 8. The van der Waals surface area contributed by atoms with E-state index in [4.69, 9.17) is 25.9 Å². The van der Waals surface area contributed by atoms with Crippen molar-refractivity contribution in [1.29, 1.82) is 0 Å². The van der Waals surface area contributed by atoms with Crippen LogP contribution in [0.5, 0.6) is 0 Å². The van der Waals surface area contributed by atoms with Gasteiger partial charge in [0.1, 0.15) is 36.2 Å². The van der Waals surface area contributed by atoms with Crippen molar-refractivity contribution in [2.75, 3.05) is 0 Å². The van der Waals surface area contributed by atoms with Crippen LogP contribution in [0.25, 0.3) is 11.4 Å². The van der Waals surface area contributed by atoms with E-state index >= 15 is 0 Å². The molecule has 7 rings (SSSR count). The highest BCUT2D eigenvalue weighted by atomic mass is 32.2. The molecule has 0 fully saturated rings. The Bertz CT molecular complexity index is 2460. The van der Waals surface area contributed by atoms with Crippen molar-refractivity contribution in [3.63, 3.8) is 0 Å². The lowest BCUT2D eigenvalue weighted by Gasteiger charge is -2.17. The standard InChI is InChI=1S/C38H34N4P2.2CHF3O3S/c1-39-26-28-41(37(39)43(33-18-7-3-8-19-33)34-20-9-4-10-21-34)31-16-15-17-32(30-31)42-29-27-40(2)38(42)44(35-22-11-5-12-23-35)36-24-13-6-14-25-36;2*2-1(3,4)8(5,6)7/h3-30H,1-2H3;2*(H,5,6,7)/q+2;;/p-2. The maximum atomic E-state index is 10.7. The highest BCUT2D eigenvalue weighted by molar-refractivity contribution is 7.86. The molecule has 0 saturated heterocycles. The number of imidazole rings is 2. The van der Waals surface area contributed by atoms with E-state index in [9.17, 15) is 26.3 Å². The van der Waals surface area contributed by atoms with Gasteiger partial charge in [-0.05, 0) is 33.4 Å². The van der Waals surface area contributed by atoms with Gasteiger partial charge in [-0.2, -0.15) is 35.5 Å². The molecular weight excluding hydrogens is 873 g/mol. The minimum Gasteiger partial charge on any atom is -0.741 e. The van der Waals surface area contributed by atoms with Crippen molar-refractivity contribution in [3.8, 4) is 11.4 Å². The van der Waals surface area contributed by atoms with Gasteiger partial charge in [0.25, 0.3) is 11.1 Å². The molecule has 0 spiro atoms. The van der Waals surface area contributed by atoms with E-state index in [0.717, 1.165) is 11.4 Å². The first-order chi connectivity index (χ1) is 28.2. The molecular formula is C40H34F6N4O6P2S2. The third-order valence-corrected chi connectivity index (χ3v) is 14.6. The molecule has 0 saturated carbocycles. The topological polar surface area (TPSA) is 132 Å². The summed E-state index contributed by atoms with van der Waals surface area (Å²) in [6.07, 6.45) is 8.75. The normalized spacial score (nSPS) is 12.1. The van der Waals surface area contributed by atoms with Crippen LogP contribution in [0.3, 0.4) is 0 Å². The monoisotopic (exact) mass is 906 g/mol. The van der Waals surface area contributed by atoms with Gasteiger partial charge in [0.2, 0.25) is 0 Å². The van der Waals surface area contributed by atoms with Crippen LogP contribution in [-0.4, -0.2) is 46.1 Å². The van der Waals surface area contributed by atoms with Gasteiger partial charge in [-0.3, -0.25) is 0 Å². The molecule has 0 atom stereocenters. The van der Waals surface area contributed by atoms with E-state index < -0.39 is 47.1 Å². The van der Waals surface area contributed by atoms with Gasteiger partial charge in [-0.1, -0.05) is 127 Å². The van der Waals surface area contributed by atoms with Gasteiger partial charge < -0.3 is 9.11 Å². The van der Waals surface area contributed by atoms with Crippen molar-refractivity contribution in [2.45, 2.75) is 11.0 Å². The summed E-state index contributed by atoms with van der Waals surface area (Å²) < 4.78 is 127. The summed E-state index contributed by atoms with van der Waals surface area (Å²) in [4.78, 5) is 0. The molecule has 10 nitrogen and oxygen atoms in total. The number of nitrogens with zero attached hydrogens (tertiary/aromatic N) is 4. The van der Waals surface area contributed by atoms with Crippen molar-refractivity contribution < 1.29 is 61.4 Å². The van der Waals surface area contributed by atoms with Crippen molar-refractivity contribution in [3.05, 3.63) is 170 Å². The Hall–Kier alpha value is -5.22. The first-order valence-electron chi connectivity index (χ1n) is 17.3. The summed E-state index contributed by atoms with van der Waals surface area (Å²) in [5, 5.41) is 5.32. The van der Waals surface area contributed by atoms with Crippen LogP contribution in [0.1, 0.15) is 0 Å². The molecule has 0 amide bonds. The summed E-state index contributed by atoms with van der Waals surface area (Å²) in [5.41, 5.74) is -6.47. The molecule has 7 aromatic rings. The minimum absolute atomic E-state index is 0.793. The van der Waals surface area contributed by atoms with E-state index in [2.05, 4.69) is 203 Å². The highest BCUT2D eigenvalue weighted by Crippen LogP contribution is 2.33. The molecule has 0 unspecified atom stereocenters. The molecule has 0 N–H and O–H groups in total. The number of halogens is 6. The summed E-state index contributed by atoms with van der Waals surface area (Å²) in [5.74, 6) is 0. The smallest absolute Gasteiger partial charge is 0.485 e. The van der Waals surface area contributed by atoms with Gasteiger partial charge in [0, 0.05) is 6.07 Å². The fourth-order valence-corrected chi connectivity index (χ4v) is 10.7. The lowest BCUT2D eigenvalue weighted by atomic mass is 10.2. The number of hydrogen-bond acceptors (Lipinski definition) is 6. The Labute approximate surface area is 344 Å². The summed E-state index contributed by atoms with van der Waals surface area (Å²) in [6.45, 7) is 0. The van der Waals surface area contributed by atoms with Gasteiger partial charge >= 0.3 is 11.0 Å². The predicted octanol–water partition coefficient (Wildman–Crippen LogP) is 4.54. The third-order valence-electron chi connectivity index (χ3n) is 8.35. The Balaban J connectivity index is 0.000000362. The van der Waals surface area contributed by atoms with Gasteiger partial charge in [0.05, 0.1) is 29.9 Å². The molecule has 0 aliphatic heterocycles. The van der Waals surface area contributed by atoms with E-state index in [0.29, 0.717) is 0 Å².